The van der Waals surface area contributed by atoms with Crippen LogP contribution in [0.2, 0.25) is 0 Å². The SMILES string of the molecule is COCC(Br)CCNC(=O)C1Cc2ccccc2S1. The summed E-state index contributed by atoms with van der Waals surface area (Å²) in [6.07, 6.45) is 1.71. The fraction of sp³-hybridized carbons (Fsp3) is 0.500. The second-order valence-corrected chi connectivity index (χ2v) is 7.09. The van der Waals surface area contributed by atoms with Gasteiger partial charge in [0.25, 0.3) is 0 Å². The van der Waals surface area contributed by atoms with Gasteiger partial charge in [-0.15, -0.1) is 11.8 Å². The van der Waals surface area contributed by atoms with E-state index < -0.39 is 0 Å². The molecule has 1 amide bonds. The molecule has 0 saturated carbocycles. The molecule has 2 unspecified atom stereocenters. The summed E-state index contributed by atoms with van der Waals surface area (Å²) in [6.45, 7) is 1.35. The molecule has 5 heteroatoms. The van der Waals surface area contributed by atoms with Gasteiger partial charge in [-0.25, -0.2) is 0 Å². The smallest absolute Gasteiger partial charge is 0.233 e. The Kier molecular flexibility index (Phi) is 5.73. The van der Waals surface area contributed by atoms with Crippen molar-refractivity contribution in [3.63, 3.8) is 0 Å². The lowest BCUT2D eigenvalue weighted by Crippen LogP contribution is -2.34. The number of nitrogens with one attached hydrogen (secondary N) is 1. The third-order valence-corrected chi connectivity index (χ3v) is 5.08. The fourth-order valence-electron chi connectivity index (χ4n) is 2.06. The number of rotatable bonds is 6. The van der Waals surface area contributed by atoms with Crippen molar-refractivity contribution < 1.29 is 9.53 Å². The Hall–Kier alpha value is -0.520. The number of amides is 1. The Morgan fingerprint density at radius 2 is 2.37 bits per heavy atom. The molecule has 1 N–H and O–H groups in total. The molecular formula is C14H18BrNO2S. The molecule has 1 aliphatic heterocycles. The van der Waals surface area contributed by atoms with Gasteiger partial charge in [-0.3, -0.25) is 4.79 Å². The molecule has 0 aromatic heterocycles. The maximum atomic E-state index is 12.1. The monoisotopic (exact) mass is 343 g/mol. The molecule has 1 aromatic carbocycles. The predicted molar refractivity (Wildman–Crippen MR) is 82.0 cm³/mol. The van der Waals surface area contributed by atoms with Gasteiger partial charge in [-0.1, -0.05) is 34.1 Å². The van der Waals surface area contributed by atoms with Gasteiger partial charge in [0, 0.05) is 23.4 Å². The minimum absolute atomic E-state index is 0.0219. The minimum atomic E-state index is 0.0219. The first kappa shape index (κ1) is 14.9. The van der Waals surface area contributed by atoms with Crippen molar-refractivity contribution in [3.05, 3.63) is 29.8 Å². The molecule has 1 aromatic rings. The van der Waals surface area contributed by atoms with Crippen LogP contribution in [0.1, 0.15) is 12.0 Å². The highest BCUT2D eigenvalue weighted by Gasteiger charge is 2.27. The van der Waals surface area contributed by atoms with Crippen LogP contribution in [-0.4, -0.2) is 36.2 Å². The largest absolute Gasteiger partial charge is 0.384 e. The molecule has 19 heavy (non-hydrogen) atoms. The van der Waals surface area contributed by atoms with Gasteiger partial charge in [0.1, 0.15) is 0 Å². The Bertz CT molecular complexity index is 416. The Morgan fingerprint density at radius 3 is 3.11 bits per heavy atom. The highest BCUT2D eigenvalue weighted by Crippen LogP contribution is 2.36. The number of alkyl halides is 1. The van der Waals surface area contributed by atoms with Gasteiger partial charge in [0.2, 0.25) is 5.91 Å². The summed E-state index contributed by atoms with van der Waals surface area (Å²) >= 11 is 5.18. The summed E-state index contributed by atoms with van der Waals surface area (Å²) in [5.41, 5.74) is 1.28. The van der Waals surface area contributed by atoms with E-state index in [4.69, 9.17) is 4.74 Å². The maximum absolute atomic E-state index is 12.1. The summed E-state index contributed by atoms with van der Waals surface area (Å²) in [6, 6.07) is 8.23. The lowest BCUT2D eigenvalue weighted by molar-refractivity contribution is -0.120. The molecule has 3 nitrogen and oxygen atoms in total. The van der Waals surface area contributed by atoms with E-state index in [-0.39, 0.29) is 11.2 Å². The Balaban J connectivity index is 1.74. The van der Waals surface area contributed by atoms with Gasteiger partial charge in [-0.2, -0.15) is 0 Å². The van der Waals surface area contributed by atoms with Crippen molar-refractivity contribution in [1.82, 2.24) is 5.32 Å². The second-order valence-electron chi connectivity index (χ2n) is 4.55. The van der Waals surface area contributed by atoms with Crippen LogP contribution in [0.25, 0.3) is 0 Å². The second kappa shape index (κ2) is 7.31. The van der Waals surface area contributed by atoms with E-state index >= 15 is 0 Å². The average Bonchev–Trinajstić information content (AvgIpc) is 2.82. The standard InChI is InChI=1S/C14H18BrNO2S/c1-18-9-11(15)6-7-16-14(17)13-8-10-4-2-3-5-12(10)19-13/h2-5,11,13H,6-9H2,1H3,(H,16,17). The van der Waals surface area contributed by atoms with Crippen molar-refractivity contribution in [2.45, 2.75) is 27.8 Å². The number of carbonyl (C=O) groups is 1. The van der Waals surface area contributed by atoms with Crippen molar-refractivity contribution in [2.24, 2.45) is 0 Å². The summed E-state index contributed by atoms with van der Waals surface area (Å²) in [4.78, 5) is 13.6. The molecule has 104 valence electrons. The number of hydrogen-bond acceptors (Lipinski definition) is 3. The molecule has 0 fully saturated rings. The molecule has 0 saturated heterocycles. The zero-order chi connectivity index (χ0) is 13.7. The summed E-state index contributed by atoms with van der Waals surface area (Å²) in [7, 11) is 1.68. The van der Waals surface area contributed by atoms with Gasteiger partial charge >= 0.3 is 0 Å². The molecular weight excluding hydrogens is 326 g/mol. The molecule has 0 aliphatic carbocycles. The zero-order valence-electron chi connectivity index (χ0n) is 10.9. The lowest BCUT2D eigenvalue weighted by Gasteiger charge is -2.12. The molecule has 0 radical (unpaired) electrons. The summed E-state index contributed by atoms with van der Waals surface area (Å²) in [5, 5.41) is 3.03. The predicted octanol–water partition coefficient (Wildman–Crippen LogP) is 2.62. The van der Waals surface area contributed by atoms with E-state index in [0.29, 0.717) is 18.0 Å². The third kappa shape index (κ3) is 4.23. The quantitative estimate of drug-likeness (QED) is 0.807. The van der Waals surface area contributed by atoms with Crippen molar-refractivity contribution in [2.75, 3.05) is 20.3 Å². The van der Waals surface area contributed by atoms with E-state index in [1.165, 1.54) is 10.5 Å². The molecule has 1 aliphatic rings. The lowest BCUT2D eigenvalue weighted by atomic mass is 10.1. The van der Waals surface area contributed by atoms with Gasteiger partial charge in [-0.05, 0) is 24.5 Å². The van der Waals surface area contributed by atoms with Crippen LogP contribution < -0.4 is 5.32 Å². The normalized spacial score (nSPS) is 18.9. The molecule has 1 heterocycles. The zero-order valence-corrected chi connectivity index (χ0v) is 13.3. The third-order valence-electron chi connectivity index (χ3n) is 3.04. The van der Waals surface area contributed by atoms with Crippen LogP contribution in [0.4, 0.5) is 0 Å². The Morgan fingerprint density at radius 1 is 1.58 bits per heavy atom. The number of ether oxygens (including phenoxy) is 1. The number of carbonyl (C=O) groups excluding carboxylic acids is 1. The molecule has 2 atom stereocenters. The van der Waals surface area contributed by atoms with E-state index in [1.54, 1.807) is 18.9 Å². The maximum Gasteiger partial charge on any atom is 0.233 e. The van der Waals surface area contributed by atoms with Gasteiger partial charge in [0.15, 0.2) is 0 Å². The molecule has 0 spiro atoms. The van der Waals surface area contributed by atoms with Crippen molar-refractivity contribution in [1.29, 1.82) is 0 Å². The molecule has 0 bridgehead atoms. The highest BCUT2D eigenvalue weighted by atomic mass is 79.9. The average molecular weight is 344 g/mol. The number of thioether (sulfide) groups is 1. The van der Waals surface area contributed by atoms with Crippen LogP contribution in [0.5, 0.6) is 0 Å². The summed E-state index contributed by atoms with van der Waals surface area (Å²) in [5.74, 6) is 0.137. The first-order chi connectivity index (χ1) is 9.20. The van der Waals surface area contributed by atoms with Crippen LogP contribution in [0, 0.1) is 0 Å². The van der Waals surface area contributed by atoms with Crippen LogP contribution in [0.3, 0.4) is 0 Å². The Labute approximate surface area is 126 Å². The van der Waals surface area contributed by atoms with Crippen LogP contribution in [-0.2, 0) is 16.0 Å². The van der Waals surface area contributed by atoms with Gasteiger partial charge in [0.05, 0.1) is 11.9 Å². The number of halogens is 1. The minimum Gasteiger partial charge on any atom is -0.384 e. The number of benzene rings is 1. The van der Waals surface area contributed by atoms with Crippen molar-refractivity contribution >= 4 is 33.6 Å². The van der Waals surface area contributed by atoms with E-state index in [1.807, 2.05) is 12.1 Å². The number of methoxy groups -OCH3 is 1. The van der Waals surface area contributed by atoms with Crippen LogP contribution in [0.15, 0.2) is 29.2 Å². The summed E-state index contributed by atoms with van der Waals surface area (Å²) < 4.78 is 5.04. The van der Waals surface area contributed by atoms with Gasteiger partial charge < -0.3 is 10.1 Å². The fourth-order valence-corrected chi connectivity index (χ4v) is 3.77. The number of fused-ring (bicyclic) bond motifs is 1. The van der Waals surface area contributed by atoms with Crippen LogP contribution >= 0.6 is 27.7 Å². The van der Waals surface area contributed by atoms with E-state index in [2.05, 4.69) is 33.4 Å². The number of hydrogen-bond donors (Lipinski definition) is 1. The van der Waals surface area contributed by atoms with Crippen molar-refractivity contribution in [3.8, 4) is 0 Å². The first-order valence-corrected chi connectivity index (χ1v) is 8.15. The highest BCUT2D eigenvalue weighted by molar-refractivity contribution is 9.09. The topological polar surface area (TPSA) is 38.3 Å². The van der Waals surface area contributed by atoms with E-state index in [0.717, 1.165) is 12.8 Å². The van der Waals surface area contributed by atoms with E-state index in [9.17, 15) is 4.79 Å². The first-order valence-electron chi connectivity index (χ1n) is 6.36. The molecule has 2 rings (SSSR count).